The van der Waals surface area contributed by atoms with Crippen LogP contribution in [0.1, 0.15) is 16.7 Å². The topological polar surface area (TPSA) is 67.8 Å². The van der Waals surface area contributed by atoms with Gasteiger partial charge in [-0.2, -0.15) is 0 Å². The summed E-state index contributed by atoms with van der Waals surface area (Å²) < 4.78 is 24.3. The molecule has 5 nitrogen and oxygen atoms in total. The van der Waals surface area contributed by atoms with Crippen LogP contribution in [0.4, 0.5) is 10.1 Å². The number of carbonyl (C=O) groups is 1. The molecule has 2 N–H and O–H groups in total. The maximum atomic E-state index is 14.1. The molecule has 3 rings (SSSR count). The van der Waals surface area contributed by atoms with E-state index in [9.17, 15) is 9.18 Å². The van der Waals surface area contributed by atoms with Crippen LogP contribution in [-0.2, 0) is 11.3 Å². The van der Waals surface area contributed by atoms with Crippen molar-refractivity contribution in [2.45, 2.75) is 20.4 Å². The SMILES string of the molecule is COc1cc(C)c(-c2cccc(CNc3ccc(OCC(=O)O)c(F)c3)c2)c(C)c1. The van der Waals surface area contributed by atoms with Gasteiger partial charge in [0.05, 0.1) is 7.11 Å². The van der Waals surface area contributed by atoms with Gasteiger partial charge in [0.15, 0.2) is 18.2 Å². The second-order valence-corrected chi connectivity index (χ2v) is 7.02. The zero-order valence-corrected chi connectivity index (χ0v) is 17.2. The highest BCUT2D eigenvalue weighted by molar-refractivity contribution is 5.72. The molecule has 3 aromatic carbocycles. The molecular weight excluding hydrogens is 385 g/mol. The minimum absolute atomic E-state index is 0.0876. The van der Waals surface area contributed by atoms with Crippen molar-refractivity contribution in [1.29, 1.82) is 0 Å². The standard InChI is InChI=1S/C24H24FNO4/c1-15-9-20(29-3)10-16(2)24(15)18-6-4-5-17(11-18)13-26-19-7-8-22(21(25)12-19)30-14-23(27)28/h4-12,26H,13-14H2,1-3H3,(H,27,28). The summed E-state index contributed by atoms with van der Waals surface area (Å²) in [5.74, 6) is -1.02. The second kappa shape index (κ2) is 9.31. The first-order valence-electron chi connectivity index (χ1n) is 9.50. The summed E-state index contributed by atoms with van der Waals surface area (Å²) in [4.78, 5) is 10.5. The fourth-order valence-electron chi connectivity index (χ4n) is 3.41. The van der Waals surface area contributed by atoms with Gasteiger partial charge < -0.3 is 19.9 Å². The molecular formula is C24H24FNO4. The Hall–Kier alpha value is -3.54. The zero-order valence-electron chi connectivity index (χ0n) is 17.2. The number of anilines is 1. The van der Waals surface area contributed by atoms with Crippen molar-refractivity contribution in [1.82, 2.24) is 0 Å². The van der Waals surface area contributed by atoms with Gasteiger partial charge in [0.1, 0.15) is 5.75 Å². The number of benzene rings is 3. The average molecular weight is 409 g/mol. The molecule has 156 valence electrons. The van der Waals surface area contributed by atoms with Crippen molar-refractivity contribution >= 4 is 11.7 Å². The highest BCUT2D eigenvalue weighted by Crippen LogP contribution is 2.31. The molecule has 6 heteroatoms. The summed E-state index contributed by atoms with van der Waals surface area (Å²) >= 11 is 0. The van der Waals surface area contributed by atoms with E-state index in [1.807, 2.05) is 24.3 Å². The molecule has 0 amide bonds. The van der Waals surface area contributed by atoms with Crippen molar-refractivity contribution in [3.8, 4) is 22.6 Å². The lowest BCUT2D eigenvalue weighted by Crippen LogP contribution is -2.10. The number of hydrogen-bond acceptors (Lipinski definition) is 4. The Bertz CT molecular complexity index is 1040. The summed E-state index contributed by atoms with van der Waals surface area (Å²) in [6, 6.07) is 16.6. The predicted molar refractivity (Wildman–Crippen MR) is 115 cm³/mol. The highest BCUT2D eigenvalue weighted by Gasteiger charge is 2.10. The average Bonchev–Trinajstić information content (AvgIpc) is 2.71. The summed E-state index contributed by atoms with van der Waals surface area (Å²) in [6.45, 7) is 4.05. The van der Waals surface area contributed by atoms with Gasteiger partial charge in [-0.3, -0.25) is 0 Å². The number of halogens is 1. The first-order chi connectivity index (χ1) is 14.4. The van der Waals surface area contributed by atoms with Crippen LogP contribution >= 0.6 is 0 Å². The molecule has 0 heterocycles. The Morgan fingerprint density at radius 1 is 1.07 bits per heavy atom. The molecule has 0 aliphatic heterocycles. The van der Waals surface area contributed by atoms with Crippen LogP contribution in [0.5, 0.6) is 11.5 Å². The van der Waals surface area contributed by atoms with E-state index in [0.717, 1.165) is 28.0 Å². The molecule has 0 aliphatic rings. The van der Waals surface area contributed by atoms with Crippen molar-refractivity contribution < 1.29 is 23.8 Å². The lowest BCUT2D eigenvalue weighted by atomic mass is 9.94. The maximum Gasteiger partial charge on any atom is 0.341 e. The van der Waals surface area contributed by atoms with E-state index in [0.29, 0.717) is 12.2 Å². The highest BCUT2D eigenvalue weighted by atomic mass is 19.1. The van der Waals surface area contributed by atoms with Crippen LogP contribution in [0, 0.1) is 19.7 Å². The third-order valence-electron chi connectivity index (χ3n) is 4.74. The Kier molecular flexibility index (Phi) is 6.57. The molecule has 0 atom stereocenters. The van der Waals surface area contributed by atoms with Crippen molar-refractivity contribution in [3.63, 3.8) is 0 Å². The minimum Gasteiger partial charge on any atom is -0.497 e. The molecule has 0 aromatic heterocycles. The minimum atomic E-state index is -1.15. The van der Waals surface area contributed by atoms with E-state index >= 15 is 0 Å². The number of hydrogen-bond donors (Lipinski definition) is 2. The molecule has 0 fully saturated rings. The molecule has 0 radical (unpaired) electrons. The molecule has 3 aromatic rings. The number of aliphatic carboxylic acids is 1. The number of aryl methyl sites for hydroxylation is 2. The summed E-state index contributed by atoms with van der Waals surface area (Å²) in [7, 11) is 1.66. The van der Waals surface area contributed by atoms with Crippen molar-refractivity contribution in [2.75, 3.05) is 19.0 Å². The fourth-order valence-corrected chi connectivity index (χ4v) is 3.41. The lowest BCUT2D eigenvalue weighted by molar-refractivity contribution is -0.139. The third-order valence-corrected chi connectivity index (χ3v) is 4.74. The van der Waals surface area contributed by atoms with Gasteiger partial charge in [0, 0.05) is 18.3 Å². The predicted octanol–water partition coefficient (Wildman–Crippen LogP) is 5.19. The third kappa shape index (κ3) is 5.08. The molecule has 0 bridgehead atoms. The van der Waals surface area contributed by atoms with E-state index in [-0.39, 0.29) is 5.75 Å². The number of carboxylic acids is 1. The molecule has 30 heavy (non-hydrogen) atoms. The first-order valence-corrected chi connectivity index (χ1v) is 9.50. The van der Waals surface area contributed by atoms with Crippen molar-refractivity contribution in [2.24, 2.45) is 0 Å². The normalized spacial score (nSPS) is 10.5. The van der Waals surface area contributed by atoms with Crippen LogP contribution in [-0.4, -0.2) is 24.8 Å². The van der Waals surface area contributed by atoms with Crippen molar-refractivity contribution in [3.05, 3.63) is 77.1 Å². The number of methoxy groups -OCH3 is 1. The quantitative estimate of drug-likeness (QED) is 0.536. The van der Waals surface area contributed by atoms with Gasteiger partial charge in [0.25, 0.3) is 0 Å². The van der Waals surface area contributed by atoms with Gasteiger partial charge >= 0.3 is 5.97 Å². The van der Waals surface area contributed by atoms with E-state index in [1.54, 1.807) is 13.2 Å². The molecule has 0 aliphatic carbocycles. The summed E-state index contributed by atoms with van der Waals surface area (Å²) in [5, 5.41) is 11.8. The van der Waals surface area contributed by atoms with Gasteiger partial charge in [-0.15, -0.1) is 0 Å². The van der Waals surface area contributed by atoms with Gasteiger partial charge in [0.2, 0.25) is 0 Å². The number of carboxylic acid groups (broad SMARTS) is 1. The van der Waals surface area contributed by atoms with E-state index in [1.165, 1.54) is 17.7 Å². The Balaban J connectivity index is 1.74. The largest absolute Gasteiger partial charge is 0.497 e. The maximum absolute atomic E-state index is 14.1. The number of ether oxygens (including phenoxy) is 2. The lowest BCUT2D eigenvalue weighted by Gasteiger charge is -2.14. The van der Waals surface area contributed by atoms with Crippen LogP contribution in [0.15, 0.2) is 54.6 Å². The van der Waals surface area contributed by atoms with E-state index in [4.69, 9.17) is 14.6 Å². The Labute approximate surface area is 175 Å². The molecule has 0 spiro atoms. The van der Waals surface area contributed by atoms with Gasteiger partial charge in [-0.25, -0.2) is 9.18 Å². The van der Waals surface area contributed by atoms with Gasteiger partial charge in [-0.1, -0.05) is 18.2 Å². The van der Waals surface area contributed by atoms with E-state index in [2.05, 4.69) is 31.3 Å². The van der Waals surface area contributed by atoms with E-state index < -0.39 is 18.4 Å². The van der Waals surface area contributed by atoms with Gasteiger partial charge in [-0.05, 0) is 72.0 Å². The second-order valence-electron chi connectivity index (χ2n) is 7.02. The van der Waals surface area contributed by atoms with Crippen LogP contribution in [0.2, 0.25) is 0 Å². The Morgan fingerprint density at radius 2 is 1.80 bits per heavy atom. The van der Waals surface area contributed by atoms with Crippen LogP contribution in [0.3, 0.4) is 0 Å². The first kappa shape index (κ1) is 21.2. The summed E-state index contributed by atoms with van der Waals surface area (Å²) in [5.41, 5.74) is 6.18. The number of rotatable bonds is 8. The van der Waals surface area contributed by atoms with Crippen LogP contribution < -0.4 is 14.8 Å². The monoisotopic (exact) mass is 409 g/mol. The zero-order chi connectivity index (χ0) is 21.7. The number of nitrogens with one attached hydrogen (secondary N) is 1. The molecule has 0 saturated carbocycles. The molecule has 0 unspecified atom stereocenters. The van der Waals surface area contributed by atoms with Crippen LogP contribution in [0.25, 0.3) is 11.1 Å². The smallest absolute Gasteiger partial charge is 0.341 e. The molecule has 0 saturated heterocycles. The summed E-state index contributed by atoms with van der Waals surface area (Å²) in [6.07, 6.45) is 0. The Morgan fingerprint density at radius 3 is 2.43 bits per heavy atom. The fraction of sp³-hybridized carbons (Fsp3) is 0.208.